The molecule has 1 aromatic carbocycles. The number of hydrogen-bond donors (Lipinski definition) is 1. The zero-order valence-corrected chi connectivity index (χ0v) is 14.7. The highest BCUT2D eigenvalue weighted by atomic mass is 16.5. The maximum absolute atomic E-state index is 6.32. The van der Waals surface area contributed by atoms with Crippen LogP contribution < -0.4 is 5.32 Å². The van der Waals surface area contributed by atoms with Gasteiger partial charge in [-0.3, -0.25) is 0 Å². The van der Waals surface area contributed by atoms with E-state index in [1.54, 1.807) is 0 Å². The van der Waals surface area contributed by atoms with E-state index in [0.717, 1.165) is 12.5 Å². The highest BCUT2D eigenvalue weighted by Gasteiger charge is 2.42. The number of anilines is 1. The van der Waals surface area contributed by atoms with Crippen molar-refractivity contribution in [3.63, 3.8) is 0 Å². The van der Waals surface area contributed by atoms with Crippen LogP contribution in [0.5, 0.6) is 0 Å². The Labute approximate surface area is 141 Å². The summed E-state index contributed by atoms with van der Waals surface area (Å²) < 4.78 is 6.32. The molecule has 2 heterocycles. The molecule has 1 unspecified atom stereocenters. The lowest BCUT2D eigenvalue weighted by Gasteiger charge is -2.47. The topological polar surface area (TPSA) is 21.3 Å². The highest BCUT2D eigenvalue weighted by Crippen LogP contribution is 2.48. The van der Waals surface area contributed by atoms with Crippen molar-refractivity contribution >= 4 is 5.69 Å². The summed E-state index contributed by atoms with van der Waals surface area (Å²) in [6.45, 7) is 5.49. The number of benzene rings is 1. The summed E-state index contributed by atoms with van der Waals surface area (Å²) in [5.74, 6) is 2.09. The van der Waals surface area contributed by atoms with Gasteiger partial charge in [0, 0.05) is 29.8 Å². The van der Waals surface area contributed by atoms with Crippen molar-refractivity contribution in [3.05, 3.63) is 29.3 Å². The van der Waals surface area contributed by atoms with Gasteiger partial charge in [0.05, 0.1) is 6.10 Å². The molecule has 2 aliphatic heterocycles. The maximum atomic E-state index is 6.32. The first kappa shape index (κ1) is 15.5. The molecule has 1 saturated carbocycles. The maximum Gasteiger partial charge on any atom is 0.0892 e. The molecule has 0 radical (unpaired) electrons. The summed E-state index contributed by atoms with van der Waals surface area (Å²) >= 11 is 0. The van der Waals surface area contributed by atoms with Crippen molar-refractivity contribution in [1.82, 2.24) is 0 Å². The summed E-state index contributed by atoms with van der Waals surface area (Å²) in [6.07, 6.45) is 9.95. The second-order valence-electron chi connectivity index (χ2n) is 8.17. The van der Waals surface area contributed by atoms with E-state index in [2.05, 4.69) is 37.4 Å². The first-order valence-electron chi connectivity index (χ1n) is 9.76. The molecule has 3 atom stereocenters. The van der Waals surface area contributed by atoms with E-state index < -0.39 is 0 Å². The van der Waals surface area contributed by atoms with Crippen molar-refractivity contribution in [1.29, 1.82) is 0 Å². The Balaban J connectivity index is 1.67. The molecule has 2 nitrogen and oxygen atoms in total. The number of nitrogens with one attached hydrogen (secondary N) is 1. The molecular formula is C21H31NO. The third-order valence-corrected chi connectivity index (χ3v) is 6.36. The van der Waals surface area contributed by atoms with E-state index in [-0.39, 0.29) is 0 Å². The molecule has 0 bridgehead atoms. The van der Waals surface area contributed by atoms with Crippen LogP contribution in [0.4, 0.5) is 5.69 Å². The molecule has 3 aliphatic rings. The van der Waals surface area contributed by atoms with Crippen molar-refractivity contribution in [2.45, 2.75) is 76.9 Å². The third kappa shape index (κ3) is 2.91. The Hall–Kier alpha value is -1.02. The molecule has 2 heteroatoms. The quantitative estimate of drug-likeness (QED) is 0.761. The van der Waals surface area contributed by atoms with Crippen LogP contribution in [0.15, 0.2) is 18.2 Å². The van der Waals surface area contributed by atoms with Crippen LogP contribution in [0.3, 0.4) is 0 Å². The van der Waals surface area contributed by atoms with Gasteiger partial charge in [0.15, 0.2) is 0 Å². The van der Waals surface area contributed by atoms with Gasteiger partial charge >= 0.3 is 0 Å². The summed E-state index contributed by atoms with van der Waals surface area (Å²) in [5.41, 5.74) is 4.20. The van der Waals surface area contributed by atoms with Gasteiger partial charge in [-0.05, 0) is 49.1 Å². The minimum atomic E-state index is 0.325. The Morgan fingerprint density at radius 2 is 1.87 bits per heavy atom. The lowest BCUT2D eigenvalue weighted by Crippen LogP contribution is -2.46. The van der Waals surface area contributed by atoms with E-state index in [0.29, 0.717) is 24.0 Å². The first-order chi connectivity index (χ1) is 11.2. The molecule has 1 N–H and O–H groups in total. The smallest absolute Gasteiger partial charge is 0.0892 e. The Morgan fingerprint density at radius 3 is 2.65 bits per heavy atom. The fourth-order valence-electron chi connectivity index (χ4n) is 5.05. The Morgan fingerprint density at radius 1 is 1.04 bits per heavy atom. The Kier molecular flexibility index (Phi) is 4.36. The van der Waals surface area contributed by atoms with E-state index in [4.69, 9.17) is 4.74 Å². The second-order valence-corrected chi connectivity index (χ2v) is 8.17. The SMILES string of the molecule is CC(C)c1ccc2c(c1)C1OCCC[C@H]1[C@@H](C1CCCCC1)N2. The van der Waals surface area contributed by atoms with Gasteiger partial charge in [0.1, 0.15) is 0 Å². The second kappa shape index (κ2) is 6.47. The van der Waals surface area contributed by atoms with Gasteiger partial charge in [-0.15, -0.1) is 0 Å². The lowest BCUT2D eigenvalue weighted by atomic mass is 9.71. The van der Waals surface area contributed by atoms with Crippen LogP contribution in [-0.4, -0.2) is 12.6 Å². The summed E-state index contributed by atoms with van der Waals surface area (Å²) in [5, 5.41) is 3.95. The Bertz CT molecular complexity index is 547. The molecule has 23 heavy (non-hydrogen) atoms. The van der Waals surface area contributed by atoms with Gasteiger partial charge in [-0.25, -0.2) is 0 Å². The van der Waals surface area contributed by atoms with Crippen LogP contribution >= 0.6 is 0 Å². The minimum absolute atomic E-state index is 0.325. The molecule has 0 spiro atoms. The normalized spacial score (nSPS) is 31.3. The van der Waals surface area contributed by atoms with Crippen LogP contribution in [0.25, 0.3) is 0 Å². The fraction of sp³-hybridized carbons (Fsp3) is 0.714. The molecule has 2 fully saturated rings. The van der Waals surface area contributed by atoms with Crippen molar-refractivity contribution < 1.29 is 4.74 Å². The largest absolute Gasteiger partial charge is 0.381 e. The number of hydrogen-bond acceptors (Lipinski definition) is 2. The van der Waals surface area contributed by atoms with Gasteiger partial charge in [-0.2, -0.15) is 0 Å². The lowest BCUT2D eigenvalue weighted by molar-refractivity contribution is -0.0458. The van der Waals surface area contributed by atoms with Crippen molar-refractivity contribution in [2.24, 2.45) is 11.8 Å². The molecule has 126 valence electrons. The zero-order chi connectivity index (χ0) is 15.8. The highest BCUT2D eigenvalue weighted by molar-refractivity contribution is 5.57. The third-order valence-electron chi connectivity index (χ3n) is 6.36. The average Bonchev–Trinajstić information content (AvgIpc) is 2.61. The van der Waals surface area contributed by atoms with Crippen molar-refractivity contribution in [3.8, 4) is 0 Å². The number of ether oxygens (including phenoxy) is 1. The molecule has 1 saturated heterocycles. The zero-order valence-electron chi connectivity index (χ0n) is 14.7. The molecule has 0 aromatic heterocycles. The van der Waals surface area contributed by atoms with E-state index in [1.165, 1.54) is 61.8 Å². The summed E-state index contributed by atoms with van der Waals surface area (Å²) in [7, 11) is 0. The van der Waals surface area contributed by atoms with Gasteiger partial charge < -0.3 is 10.1 Å². The number of rotatable bonds is 2. The predicted molar refractivity (Wildman–Crippen MR) is 95.9 cm³/mol. The van der Waals surface area contributed by atoms with E-state index >= 15 is 0 Å². The summed E-state index contributed by atoms with van der Waals surface area (Å²) in [4.78, 5) is 0. The standard InChI is InChI=1S/C21H31NO/c1-14(2)16-10-11-19-18(13-16)21-17(9-6-12-23-21)20(22-19)15-7-4-3-5-8-15/h10-11,13-15,17,20-22H,3-9,12H2,1-2H3/t17-,20+,21?/m0/s1. The van der Waals surface area contributed by atoms with E-state index in [1.807, 2.05) is 0 Å². The molecular weight excluding hydrogens is 282 g/mol. The number of fused-ring (bicyclic) bond motifs is 3. The minimum Gasteiger partial charge on any atom is -0.381 e. The molecule has 1 aliphatic carbocycles. The first-order valence-corrected chi connectivity index (χ1v) is 9.76. The van der Waals surface area contributed by atoms with Crippen LogP contribution in [-0.2, 0) is 4.74 Å². The monoisotopic (exact) mass is 313 g/mol. The van der Waals surface area contributed by atoms with Crippen molar-refractivity contribution in [2.75, 3.05) is 11.9 Å². The summed E-state index contributed by atoms with van der Waals surface area (Å²) in [6, 6.07) is 7.65. The fourth-order valence-corrected chi connectivity index (χ4v) is 5.05. The molecule has 4 rings (SSSR count). The van der Waals surface area contributed by atoms with Gasteiger partial charge in [0.25, 0.3) is 0 Å². The van der Waals surface area contributed by atoms with Crippen LogP contribution in [0.1, 0.15) is 81.9 Å². The average molecular weight is 313 g/mol. The van der Waals surface area contributed by atoms with Crippen LogP contribution in [0, 0.1) is 11.8 Å². The molecule has 0 amide bonds. The van der Waals surface area contributed by atoms with E-state index in [9.17, 15) is 0 Å². The predicted octanol–water partition coefficient (Wildman–Crippen LogP) is 5.65. The van der Waals surface area contributed by atoms with Gasteiger partial charge in [0.2, 0.25) is 0 Å². The van der Waals surface area contributed by atoms with Gasteiger partial charge in [-0.1, -0.05) is 45.2 Å². The molecule has 1 aromatic rings. The van der Waals surface area contributed by atoms with Crippen LogP contribution in [0.2, 0.25) is 0 Å².